The van der Waals surface area contributed by atoms with Crippen molar-refractivity contribution < 1.29 is 9.59 Å². The smallest absolute Gasteiger partial charge is 0.236 e. The summed E-state index contributed by atoms with van der Waals surface area (Å²) < 4.78 is 0. The zero-order chi connectivity index (χ0) is 12.4. The van der Waals surface area contributed by atoms with Gasteiger partial charge in [-0.3, -0.25) is 20.2 Å². The lowest BCUT2D eigenvalue weighted by Gasteiger charge is -2.10. The molecule has 2 amide bonds. The number of nitriles is 2. The van der Waals surface area contributed by atoms with Crippen LogP contribution in [0.1, 0.15) is 32.6 Å². The third kappa shape index (κ3) is 5.61. The van der Waals surface area contributed by atoms with Crippen LogP contribution in [0.5, 0.6) is 0 Å². The third-order valence-corrected chi connectivity index (χ3v) is 2.19. The Balaban J connectivity index is 3.89. The zero-order valence-electron chi connectivity index (χ0n) is 9.12. The third-order valence-electron chi connectivity index (χ3n) is 2.19. The Morgan fingerprint density at radius 2 is 1.88 bits per heavy atom. The van der Waals surface area contributed by atoms with Crippen LogP contribution in [0.4, 0.5) is 0 Å². The van der Waals surface area contributed by atoms with Gasteiger partial charge in [0.05, 0.1) is 0 Å². The van der Waals surface area contributed by atoms with Gasteiger partial charge >= 0.3 is 0 Å². The highest BCUT2D eigenvalue weighted by atomic mass is 16.2. The molecule has 0 aliphatic rings. The van der Waals surface area contributed by atoms with E-state index >= 15 is 0 Å². The summed E-state index contributed by atoms with van der Waals surface area (Å²) in [5, 5.41) is 20.5. The van der Waals surface area contributed by atoms with Crippen LogP contribution in [-0.2, 0) is 9.59 Å². The SMILES string of the molecule is CCC(CCCC(=O)NC#N)C(=O)NC#N. The Bertz CT molecular complexity index is 327. The second-order valence-corrected chi connectivity index (χ2v) is 3.26. The van der Waals surface area contributed by atoms with E-state index in [1.54, 1.807) is 12.4 Å². The van der Waals surface area contributed by atoms with E-state index in [2.05, 4.69) is 5.32 Å². The van der Waals surface area contributed by atoms with Crippen molar-refractivity contribution in [3.63, 3.8) is 0 Å². The Hall–Kier alpha value is -2.08. The number of hydrogen-bond donors (Lipinski definition) is 2. The molecule has 0 aliphatic carbocycles. The minimum Gasteiger partial charge on any atom is -0.274 e. The predicted molar refractivity (Wildman–Crippen MR) is 55.1 cm³/mol. The summed E-state index contributed by atoms with van der Waals surface area (Å²) in [6.07, 6.45) is 5.00. The predicted octanol–water partition coefficient (Wildman–Crippen LogP) is 0.377. The number of hydrogen-bond acceptors (Lipinski definition) is 4. The van der Waals surface area contributed by atoms with E-state index in [4.69, 9.17) is 10.5 Å². The lowest BCUT2D eigenvalue weighted by atomic mass is 9.98. The summed E-state index contributed by atoms with van der Waals surface area (Å²) in [5.41, 5.74) is 0. The largest absolute Gasteiger partial charge is 0.274 e. The first kappa shape index (κ1) is 13.9. The zero-order valence-corrected chi connectivity index (χ0v) is 9.12. The second-order valence-electron chi connectivity index (χ2n) is 3.26. The van der Waals surface area contributed by atoms with Crippen LogP contribution >= 0.6 is 0 Å². The molecule has 0 fully saturated rings. The maximum atomic E-state index is 11.3. The minimum atomic E-state index is -0.349. The number of rotatable bonds is 6. The average Bonchev–Trinajstić information content (AvgIpc) is 2.25. The minimum absolute atomic E-state index is 0.212. The summed E-state index contributed by atoms with van der Waals surface area (Å²) in [5.74, 6) is -0.918. The summed E-state index contributed by atoms with van der Waals surface area (Å²) in [6, 6.07) is 0. The highest BCUT2D eigenvalue weighted by Gasteiger charge is 2.15. The molecule has 86 valence electrons. The van der Waals surface area contributed by atoms with Crippen LogP contribution in [0.15, 0.2) is 0 Å². The molecule has 0 aromatic carbocycles. The van der Waals surface area contributed by atoms with E-state index in [0.717, 1.165) is 0 Å². The summed E-state index contributed by atoms with van der Waals surface area (Å²) >= 11 is 0. The molecule has 0 radical (unpaired) electrons. The van der Waals surface area contributed by atoms with Crippen LogP contribution in [0.25, 0.3) is 0 Å². The van der Waals surface area contributed by atoms with Crippen molar-refractivity contribution in [3.8, 4) is 12.4 Å². The molecule has 0 heterocycles. The molecular formula is C10H14N4O2. The molecule has 0 saturated heterocycles. The quantitative estimate of drug-likeness (QED) is 0.500. The van der Waals surface area contributed by atoms with E-state index in [-0.39, 0.29) is 24.2 Å². The van der Waals surface area contributed by atoms with E-state index in [1.807, 2.05) is 12.2 Å². The molecule has 0 aromatic rings. The highest BCUT2D eigenvalue weighted by molar-refractivity contribution is 5.80. The van der Waals surface area contributed by atoms with Crippen LogP contribution in [0, 0.1) is 28.8 Å². The molecule has 2 N–H and O–H groups in total. The molecule has 0 spiro atoms. The molecule has 0 aliphatic heterocycles. The van der Waals surface area contributed by atoms with Crippen molar-refractivity contribution >= 4 is 11.8 Å². The topological polar surface area (TPSA) is 106 Å². The van der Waals surface area contributed by atoms with Gasteiger partial charge in [-0.1, -0.05) is 6.92 Å². The standard InChI is InChI=1S/C10H14N4O2/c1-2-8(10(16)14-7-12)4-3-5-9(15)13-6-11/h8H,2-5H2,1H3,(H,13,15)(H,14,16). The Morgan fingerprint density at radius 1 is 1.25 bits per heavy atom. The monoisotopic (exact) mass is 222 g/mol. The Morgan fingerprint density at radius 3 is 2.38 bits per heavy atom. The summed E-state index contributed by atoms with van der Waals surface area (Å²) in [6.45, 7) is 1.84. The van der Waals surface area contributed by atoms with Crippen LogP contribution in [-0.4, -0.2) is 11.8 Å². The first-order chi connectivity index (χ1) is 7.65. The molecule has 1 unspecified atom stereocenters. The molecule has 16 heavy (non-hydrogen) atoms. The van der Waals surface area contributed by atoms with E-state index in [1.165, 1.54) is 0 Å². The molecule has 1 atom stereocenters. The van der Waals surface area contributed by atoms with Crippen molar-refractivity contribution in [2.24, 2.45) is 5.92 Å². The Labute approximate surface area is 94.2 Å². The fourth-order valence-corrected chi connectivity index (χ4v) is 1.31. The number of nitrogens with one attached hydrogen (secondary N) is 2. The summed E-state index contributed by atoms with van der Waals surface area (Å²) in [7, 11) is 0. The van der Waals surface area contributed by atoms with Crippen molar-refractivity contribution in [1.29, 1.82) is 10.5 Å². The maximum Gasteiger partial charge on any atom is 0.236 e. The first-order valence-corrected chi connectivity index (χ1v) is 5.02. The Kier molecular flexibility index (Phi) is 7.17. The highest BCUT2D eigenvalue weighted by Crippen LogP contribution is 2.12. The van der Waals surface area contributed by atoms with Crippen LogP contribution in [0.3, 0.4) is 0 Å². The molecule has 0 aromatic heterocycles. The average molecular weight is 222 g/mol. The molecule has 0 bridgehead atoms. The number of nitrogens with zero attached hydrogens (tertiary/aromatic N) is 2. The van der Waals surface area contributed by atoms with E-state index in [9.17, 15) is 9.59 Å². The lowest BCUT2D eigenvalue weighted by molar-refractivity contribution is -0.125. The van der Waals surface area contributed by atoms with Crippen molar-refractivity contribution in [2.75, 3.05) is 0 Å². The van der Waals surface area contributed by atoms with Crippen LogP contribution in [0.2, 0.25) is 0 Å². The molecule has 6 nitrogen and oxygen atoms in total. The van der Waals surface area contributed by atoms with E-state index < -0.39 is 0 Å². The lowest BCUT2D eigenvalue weighted by Crippen LogP contribution is -2.27. The fourth-order valence-electron chi connectivity index (χ4n) is 1.31. The van der Waals surface area contributed by atoms with Gasteiger partial charge in [-0.2, -0.15) is 10.5 Å². The van der Waals surface area contributed by atoms with Gasteiger partial charge in [-0.05, 0) is 19.3 Å². The van der Waals surface area contributed by atoms with Gasteiger partial charge in [-0.15, -0.1) is 0 Å². The van der Waals surface area contributed by atoms with E-state index in [0.29, 0.717) is 19.3 Å². The van der Waals surface area contributed by atoms with Crippen LogP contribution < -0.4 is 10.6 Å². The van der Waals surface area contributed by atoms with Gasteiger partial charge < -0.3 is 0 Å². The van der Waals surface area contributed by atoms with Gasteiger partial charge in [0.1, 0.15) is 0 Å². The van der Waals surface area contributed by atoms with Gasteiger partial charge in [0.25, 0.3) is 0 Å². The second kappa shape index (κ2) is 8.25. The summed E-state index contributed by atoms with van der Waals surface area (Å²) in [4.78, 5) is 22.2. The van der Waals surface area contributed by atoms with Crippen molar-refractivity contribution in [1.82, 2.24) is 10.6 Å². The van der Waals surface area contributed by atoms with Gasteiger partial charge in [-0.25, -0.2) is 0 Å². The first-order valence-electron chi connectivity index (χ1n) is 5.02. The van der Waals surface area contributed by atoms with Gasteiger partial charge in [0, 0.05) is 12.3 Å². The molecule has 0 rings (SSSR count). The molecule has 0 saturated carbocycles. The van der Waals surface area contributed by atoms with Crippen molar-refractivity contribution in [3.05, 3.63) is 0 Å². The fraction of sp³-hybridized carbons (Fsp3) is 0.600. The molecule has 6 heteroatoms. The van der Waals surface area contributed by atoms with Gasteiger partial charge in [0.15, 0.2) is 12.4 Å². The van der Waals surface area contributed by atoms with Gasteiger partial charge in [0.2, 0.25) is 11.8 Å². The normalized spacial score (nSPS) is 10.7. The number of carbonyl (C=O) groups is 2. The number of carbonyl (C=O) groups excluding carboxylic acids is 2. The molecular weight excluding hydrogens is 208 g/mol. The number of amides is 2. The van der Waals surface area contributed by atoms with Crippen molar-refractivity contribution in [2.45, 2.75) is 32.6 Å². The maximum absolute atomic E-state index is 11.3.